The van der Waals surface area contributed by atoms with Crippen molar-refractivity contribution in [2.24, 2.45) is 11.7 Å². The molecule has 1 atom stereocenters. The smallest absolute Gasteiger partial charge is 0.223 e. The van der Waals surface area contributed by atoms with Gasteiger partial charge in [-0.15, -0.1) is 0 Å². The molecule has 0 bridgehead atoms. The fourth-order valence-electron chi connectivity index (χ4n) is 2.50. The van der Waals surface area contributed by atoms with E-state index in [0.29, 0.717) is 18.9 Å². The number of hydrogen-bond acceptors (Lipinski definition) is 4. The third-order valence-corrected chi connectivity index (χ3v) is 3.98. The van der Waals surface area contributed by atoms with Crippen LogP contribution < -0.4 is 10.6 Å². The average Bonchev–Trinajstić information content (AvgIpc) is 2.53. The van der Waals surface area contributed by atoms with Gasteiger partial charge in [-0.2, -0.15) is 0 Å². The first kappa shape index (κ1) is 14.8. The standard InChI is InChI=1S/C15H24N4O/c1-2-13(12-16)11-15(20)19-9-7-18(8-10-19)14-5-3-4-6-17-14/h3-6,13H,2,7-12,16H2,1H3. The summed E-state index contributed by atoms with van der Waals surface area (Å²) in [6, 6.07) is 5.92. The number of piperazine rings is 1. The van der Waals surface area contributed by atoms with Gasteiger partial charge in [0.2, 0.25) is 5.91 Å². The molecule has 5 heteroatoms. The molecule has 2 heterocycles. The fourth-order valence-corrected chi connectivity index (χ4v) is 2.50. The van der Waals surface area contributed by atoms with Crippen molar-refractivity contribution in [2.75, 3.05) is 37.6 Å². The van der Waals surface area contributed by atoms with Gasteiger partial charge in [0, 0.05) is 38.8 Å². The first-order chi connectivity index (χ1) is 9.74. The van der Waals surface area contributed by atoms with Crippen molar-refractivity contribution in [3.63, 3.8) is 0 Å². The summed E-state index contributed by atoms with van der Waals surface area (Å²) in [5.74, 6) is 1.55. The number of hydrogen-bond donors (Lipinski definition) is 1. The van der Waals surface area contributed by atoms with Gasteiger partial charge in [-0.25, -0.2) is 4.98 Å². The van der Waals surface area contributed by atoms with Crippen molar-refractivity contribution in [1.82, 2.24) is 9.88 Å². The van der Waals surface area contributed by atoms with Crippen LogP contribution >= 0.6 is 0 Å². The molecule has 0 spiro atoms. The molecule has 1 saturated heterocycles. The topological polar surface area (TPSA) is 62.5 Å². The van der Waals surface area contributed by atoms with Gasteiger partial charge in [-0.1, -0.05) is 19.4 Å². The maximum atomic E-state index is 12.2. The molecule has 110 valence electrons. The van der Waals surface area contributed by atoms with Gasteiger partial charge in [0.15, 0.2) is 0 Å². The molecule has 20 heavy (non-hydrogen) atoms. The maximum absolute atomic E-state index is 12.2. The number of nitrogens with two attached hydrogens (primary N) is 1. The van der Waals surface area contributed by atoms with Crippen molar-refractivity contribution in [2.45, 2.75) is 19.8 Å². The molecule has 1 aromatic rings. The van der Waals surface area contributed by atoms with Crippen LogP contribution in [0, 0.1) is 5.92 Å². The highest BCUT2D eigenvalue weighted by Gasteiger charge is 2.23. The minimum Gasteiger partial charge on any atom is -0.353 e. The third kappa shape index (κ3) is 3.70. The number of rotatable bonds is 5. The van der Waals surface area contributed by atoms with E-state index in [2.05, 4.69) is 16.8 Å². The zero-order valence-corrected chi connectivity index (χ0v) is 12.2. The summed E-state index contributed by atoms with van der Waals surface area (Å²) in [4.78, 5) is 20.7. The maximum Gasteiger partial charge on any atom is 0.223 e. The quantitative estimate of drug-likeness (QED) is 0.875. The highest BCUT2D eigenvalue weighted by atomic mass is 16.2. The van der Waals surface area contributed by atoms with Crippen LogP contribution in [0.15, 0.2) is 24.4 Å². The third-order valence-electron chi connectivity index (χ3n) is 3.98. The Hall–Kier alpha value is -1.62. The molecule has 1 aliphatic rings. The normalized spacial score (nSPS) is 17.1. The van der Waals surface area contributed by atoms with Crippen molar-refractivity contribution in [1.29, 1.82) is 0 Å². The molecular formula is C15H24N4O. The number of amides is 1. The van der Waals surface area contributed by atoms with E-state index in [4.69, 9.17) is 5.73 Å². The minimum absolute atomic E-state index is 0.239. The van der Waals surface area contributed by atoms with E-state index in [9.17, 15) is 4.79 Å². The second-order valence-corrected chi connectivity index (χ2v) is 5.27. The molecule has 0 aromatic carbocycles. The molecule has 5 nitrogen and oxygen atoms in total. The molecular weight excluding hydrogens is 252 g/mol. The van der Waals surface area contributed by atoms with Gasteiger partial charge in [0.1, 0.15) is 5.82 Å². The molecule has 2 rings (SSSR count). The number of anilines is 1. The molecule has 2 N–H and O–H groups in total. The molecule has 1 amide bonds. The van der Waals surface area contributed by atoms with Gasteiger partial charge in [0.05, 0.1) is 0 Å². The highest BCUT2D eigenvalue weighted by molar-refractivity contribution is 5.76. The second kappa shape index (κ2) is 7.24. The molecule has 1 unspecified atom stereocenters. The first-order valence-electron chi connectivity index (χ1n) is 7.38. The summed E-state index contributed by atoms with van der Waals surface area (Å²) >= 11 is 0. The van der Waals surface area contributed by atoms with Crippen molar-refractivity contribution in [3.05, 3.63) is 24.4 Å². The monoisotopic (exact) mass is 276 g/mol. The lowest BCUT2D eigenvalue weighted by Gasteiger charge is -2.36. The highest BCUT2D eigenvalue weighted by Crippen LogP contribution is 2.15. The summed E-state index contributed by atoms with van der Waals surface area (Å²) in [5.41, 5.74) is 5.67. The van der Waals surface area contributed by atoms with E-state index in [1.807, 2.05) is 23.1 Å². The van der Waals surface area contributed by atoms with Crippen molar-refractivity contribution < 1.29 is 4.79 Å². The van der Waals surface area contributed by atoms with Crippen LogP contribution in [0.1, 0.15) is 19.8 Å². The Morgan fingerprint density at radius 2 is 2.10 bits per heavy atom. The Kier molecular flexibility index (Phi) is 5.35. The SMILES string of the molecule is CCC(CN)CC(=O)N1CCN(c2ccccn2)CC1. The zero-order valence-electron chi connectivity index (χ0n) is 12.2. The van der Waals surface area contributed by atoms with E-state index in [1.54, 1.807) is 6.20 Å². The summed E-state index contributed by atoms with van der Waals surface area (Å²) in [6.45, 7) is 5.93. The van der Waals surface area contributed by atoms with Crippen molar-refractivity contribution in [3.8, 4) is 0 Å². The number of carbonyl (C=O) groups is 1. The van der Waals surface area contributed by atoms with Crippen LogP contribution in [0.3, 0.4) is 0 Å². The zero-order chi connectivity index (χ0) is 14.4. The number of nitrogens with zero attached hydrogens (tertiary/aromatic N) is 3. The molecule has 0 aliphatic carbocycles. The Balaban J connectivity index is 1.83. The largest absolute Gasteiger partial charge is 0.353 e. The number of aromatic nitrogens is 1. The van der Waals surface area contributed by atoms with Crippen LogP contribution in [0.4, 0.5) is 5.82 Å². The van der Waals surface area contributed by atoms with Crippen LogP contribution in [-0.4, -0.2) is 48.5 Å². The van der Waals surface area contributed by atoms with Gasteiger partial charge < -0.3 is 15.5 Å². The van der Waals surface area contributed by atoms with Gasteiger partial charge in [-0.05, 0) is 24.6 Å². The number of carbonyl (C=O) groups excluding carboxylic acids is 1. The molecule has 1 fully saturated rings. The Labute approximate surface area is 120 Å². The van der Waals surface area contributed by atoms with Crippen LogP contribution in [0.2, 0.25) is 0 Å². The van der Waals surface area contributed by atoms with Crippen LogP contribution in [0.25, 0.3) is 0 Å². The van der Waals surface area contributed by atoms with Crippen LogP contribution in [0.5, 0.6) is 0 Å². The fraction of sp³-hybridized carbons (Fsp3) is 0.600. The first-order valence-corrected chi connectivity index (χ1v) is 7.38. The molecule has 1 aliphatic heterocycles. The van der Waals surface area contributed by atoms with Crippen LogP contribution in [-0.2, 0) is 4.79 Å². The van der Waals surface area contributed by atoms with E-state index < -0.39 is 0 Å². The van der Waals surface area contributed by atoms with Gasteiger partial charge in [0.25, 0.3) is 0 Å². The molecule has 0 radical (unpaired) electrons. The second-order valence-electron chi connectivity index (χ2n) is 5.27. The number of pyridine rings is 1. The minimum atomic E-state index is 0.239. The lowest BCUT2D eigenvalue weighted by molar-refractivity contribution is -0.132. The summed E-state index contributed by atoms with van der Waals surface area (Å²) < 4.78 is 0. The van der Waals surface area contributed by atoms with Gasteiger partial charge in [-0.3, -0.25) is 4.79 Å². The predicted molar refractivity (Wildman–Crippen MR) is 80.5 cm³/mol. The van der Waals surface area contributed by atoms with E-state index in [-0.39, 0.29) is 5.91 Å². The molecule has 1 aromatic heterocycles. The lowest BCUT2D eigenvalue weighted by Crippen LogP contribution is -2.49. The Morgan fingerprint density at radius 1 is 1.35 bits per heavy atom. The molecule has 0 saturated carbocycles. The summed E-state index contributed by atoms with van der Waals surface area (Å²) in [7, 11) is 0. The summed E-state index contributed by atoms with van der Waals surface area (Å²) in [6.07, 6.45) is 3.35. The van der Waals surface area contributed by atoms with Gasteiger partial charge >= 0.3 is 0 Å². The van der Waals surface area contributed by atoms with E-state index in [0.717, 1.165) is 38.4 Å². The van der Waals surface area contributed by atoms with Crippen molar-refractivity contribution >= 4 is 11.7 Å². The average molecular weight is 276 g/mol. The summed E-state index contributed by atoms with van der Waals surface area (Å²) in [5, 5.41) is 0. The Bertz CT molecular complexity index is 411. The van der Waals surface area contributed by atoms with E-state index in [1.165, 1.54) is 0 Å². The van der Waals surface area contributed by atoms with E-state index >= 15 is 0 Å². The lowest BCUT2D eigenvalue weighted by atomic mass is 10.0. The predicted octanol–water partition coefficient (Wildman–Crippen LogP) is 1.11. The Morgan fingerprint density at radius 3 is 2.65 bits per heavy atom.